The molecule has 1 aromatic heterocycles. The number of hydrogen-bond donors (Lipinski definition) is 0. The summed E-state index contributed by atoms with van der Waals surface area (Å²) in [6, 6.07) is 7.90. The Bertz CT molecular complexity index is 717. The van der Waals surface area contributed by atoms with E-state index in [9.17, 15) is 8.42 Å². The van der Waals surface area contributed by atoms with Crippen LogP contribution in [0.15, 0.2) is 41.4 Å². The predicted molar refractivity (Wildman–Crippen MR) is 73.5 cm³/mol. The van der Waals surface area contributed by atoms with Gasteiger partial charge >= 0.3 is 0 Å². The molecule has 0 spiro atoms. The lowest BCUT2D eigenvalue weighted by Crippen LogP contribution is -1.98. The zero-order valence-electron chi connectivity index (χ0n) is 9.80. The first-order chi connectivity index (χ1) is 8.88. The van der Waals surface area contributed by atoms with Gasteiger partial charge in [-0.25, -0.2) is 13.4 Å². The Hall–Kier alpha value is -1.30. The molecule has 0 aliphatic heterocycles. The van der Waals surface area contributed by atoms with Crippen LogP contribution in [0.25, 0.3) is 0 Å². The fraction of sp³-hybridized carbons (Fsp3) is 0.0833. The normalized spacial score (nSPS) is 11.3. The van der Waals surface area contributed by atoms with Gasteiger partial charge in [0.15, 0.2) is 0 Å². The molecule has 2 aromatic rings. The highest BCUT2D eigenvalue weighted by Gasteiger charge is 2.18. The van der Waals surface area contributed by atoms with Crippen LogP contribution in [0.1, 0.15) is 5.56 Å². The molecule has 0 radical (unpaired) electrons. The van der Waals surface area contributed by atoms with Crippen molar-refractivity contribution >= 4 is 31.3 Å². The van der Waals surface area contributed by atoms with Gasteiger partial charge in [0, 0.05) is 16.9 Å². The molecule has 7 heteroatoms. The van der Waals surface area contributed by atoms with Crippen LogP contribution in [-0.4, -0.2) is 13.4 Å². The Kier molecular flexibility index (Phi) is 3.99. The summed E-state index contributed by atoms with van der Waals surface area (Å²) in [5, 5.41) is 0.364. The summed E-state index contributed by atoms with van der Waals surface area (Å²) in [7, 11) is 1.38. The molecule has 1 aromatic carbocycles. The maximum absolute atomic E-state index is 11.4. The molecule has 0 bridgehead atoms. The van der Waals surface area contributed by atoms with E-state index in [-0.39, 0.29) is 10.8 Å². The van der Waals surface area contributed by atoms with Crippen LogP contribution in [-0.2, 0) is 9.05 Å². The second-order valence-corrected chi connectivity index (χ2v) is 6.72. The van der Waals surface area contributed by atoms with E-state index < -0.39 is 9.05 Å². The number of nitrogens with zero attached hydrogens (tertiary/aromatic N) is 1. The van der Waals surface area contributed by atoms with Crippen LogP contribution in [0, 0.1) is 6.92 Å². The van der Waals surface area contributed by atoms with E-state index in [0.717, 1.165) is 5.56 Å². The number of halogens is 2. The van der Waals surface area contributed by atoms with Crippen LogP contribution in [0.4, 0.5) is 0 Å². The van der Waals surface area contributed by atoms with Gasteiger partial charge in [-0.1, -0.05) is 17.7 Å². The average Bonchev–Trinajstić information content (AvgIpc) is 2.32. The molecule has 19 heavy (non-hydrogen) atoms. The van der Waals surface area contributed by atoms with E-state index in [4.69, 9.17) is 27.0 Å². The summed E-state index contributed by atoms with van der Waals surface area (Å²) in [5.74, 6) is 0.204. The molecule has 0 atom stereocenters. The Morgan fingerprint density at radius 3 is 2.63 bits per heavy atom. The lowest BCUT2D eigenvalue weighted by Gasteiger charge is -2.09. The summed E-state index contributed by atoms with van der Waals surface area (Å²) in [6.45, 7) is 1.88. The molecule has 0 fully saturated rings. The molecule has 2 rings (SSSR count). The molecule has 0 aliphatic rings. The summed E-state index contributed by atoms with van der Waals surface area (Å²) < 4.78 is 28.2. The van der Waals surface area contributed by atoms with E-state index in [2.05, 4.69) is 4.98 Å². The first kappa shape index (κ1) is 14.1. The van der Waals surface area contributed by atoms with E-state index in [1.165, 1.54) is 18.3 Å². The molecule has 0 saturated heterocycles. The van der Waals surface area contributed by atoms with Gasteiger partial charge in [-0.15, -0.1) is 0 Å². The third kappa shape index (κ3) is 3.37. The monoisotopic (exact) mass is 317 g/mol. The van der Waals surface area contributed by atoms with E-state index in [1.54, 1.807) is 18.2 Å². The highest BCUT2D eigenvalue weighted by atomic mass is 35.7. The Morgan fingerprint density at radius 2 is 2.00 bits per heavy atom. The molecule has 0 N–H and O–H groups in total. The molecule has 0 amide bonds. The average molecular weight is 318 g/mol. The van der Waals surface area contributed by atoms with Crippen LogP contribution in [0.3, 0.4) is 0 Å². The van der Waals surface area contributed by atoms with Gasteiger partial charge in [0.2, 0.25) is 5.88 Å². The highest BCUT2D eigenvalue weighted by Crippen LogP contribution is 2.33. The standard InChI is InChI=1S/C12H9Cl2NO3S/c1-8-4-5-10(9(13)7-8)18-12-11(19(14,16)17)3-2-6-15-12/h2-7H,1H3. The molecule has 100 valence electrons. The number of aromatic nitrogens is 1. The number of hydrogen-bond acceptors (Lipinski definition) is 4. The topological polar surface area (TPSA) is 56.3 Å². The third-order valence-electron chi connectivity index (χ3n) is 2.29. The van der Waals surface area contributed by atoms with Crippen molar-refractivity contribution in [3.8, 4) is 11.6 Å². The highest BCUT2D eigenvalue weighted by molar-refractivity contribution is 8.13. The SMILES string of the molecule is Cc1ccc(Oc2ncccc2S(=O)(=O)Cl)c(Cl)c1. The van der Waals surface area contributed by atoms with Crippen LogP contribution in [0.2, 0.25) is 5.02 Å². The number of rotatable bonds is 3. The Labute approximate surface area is 120 Å². The van der Waals surface area contributed by atoms with Crippen molar-refractivity contribution in [2.75, 3.05) is 0 Å². The minimum Gasteiger partial charge on any atom is -0.436 e. The lowest BCUT2D eigenvalue weighted by molar-refractivity contribution is 0.448. The third-order valence-corrected chi connectivity index (χ3v) is 3.92. The fourth-order valence-electron chi connectivity index (χ4n) is 1.43. The van der Waals surface area contributed by atoms with Gasteiger partial charge in [0.05, 0.1) is 5.02 Å². The lowest BCUT2D eigenvalue weighted by atomic mass is 10.2. The smallest absolute Gasteiger partial charge is 0.266 e. The van der Waals surface area contributed by atoms with Crippen molar-refractivity contribution in [2.24, 2.45) is 0 Å². The number of pyridine rings is 1. The summed E-state index contributed by atoms with van der Waals surface area (Å²) in [6.07, 6.45) is 1.41. The van der Waals surface area contributed by atoms with Crippen molar-refractivity contribution in [3.63, 3.8) is 0 Å². The minimum atomic E-state index is -3.93. The first-order valence-electron chi connectivity index (χ1n) is 5.21. The quantitative estimate of drug-likeness (QED) is 0.809. The van der Waals surface area contributed by atoms with E-state index in [0.29, 0.717) is 10.8 Å². The largest absolute Gasteiger partial charge is 0.436 e. The van der Waals surface area contributed by atoms with Crippen LogP contribution >= 0.6 is 22.3 Å². The number of ether oxygens (including phenoxy) is 1. The maximum atomic E-state index is 11.4. The van der Waals surface area contributed by atoms with Gasteiger partial charge in [0.1, 0.15) is 10.6 Å². The predicted octanol–water partition coefficient (Wildman–Crippen LogP) is 3.76. The second kappa shape index (κ2) is 5.36. The molecule has 0 unspecified atom stereocenters. The molecule has 4 nitrogen and oxygen atoms in total. The van der Waals surface area contributed by atoms with Gasteiger partial charge < -0.3 is 4.74 Å². The molecule has 0 aliphatic carbocycles. The second-order valence-electron chi connectivity index (χ2n) is 3.78. The Morgan fingerprint density at radius 1 is 1.26 bits per heavy atom. The van der Waals surface area contributed by atoms with Crippen LogP contribution < -0.4 is 4.74 Å². The van der Waals surface area contributed by atoms with Crippen molar-refractivity contribution in [2.45, 2.75) is 11.8 Å². The molecular formula is C12H9Cl2NO3S. The van der Waals surface area contributed by atoms with Crippen molar-refractivity contribution in [1.29, 1.82) is 0 Å². The fourth-order valence-corrected chi connectivity index (χ4v) is 2.60. The Balaban J connectivity index is 2.44. The van der Waals surface area contributed by atoms with Gasteiger partial charge in [0.25, 0.3) is 9.05 Å². The zero-order chi connectivity index (χ0) is 14.0. The van der Waals surface area contributed by atoms with Gasteiger partial charge in [-0.05, 0) is 36.8 Å². The zero-order valence-corrected chi connectivity index (χ0v) is 12.1. The summed E-state index contributed by atoms with van der Waals surface area (Å²) >= 11 is 6.01. The first-order valence-corrected chi connectivity index (χ1v) is 7.90. The molecular weight excluding hydrogens is 309 g/mol. The molecule has 1 heterocycles. The maximum Gasteiger partial charge on any atom is 0.266 e. The van der Waals surface area contributed by atoms with Crippen molar-refractivity contribution in [1.82, 2.24) is 4.98 Å². The van der Waals surface area contributed by atoms with Gasteiger partial charge in [-0.2, -0.15) is 0 Å². The van der Waals surface area contributed by atoms with E-state index in [1.807, 2.05) is 6.92 Å². The number of aryl methyl sites for hydroxylation is 1. The molecule has 0 saturated carbocycles. The van der Waals surface area contributed by atoms with E-state index >= 15 is 0 Å². The van der Waals surface area contributed by atoms with Crippen molar-refractivity contribution in [3.05, 3.63) is 47.1 Å². The van der Waals surface area contributed by atoms with Crippen LogP contribution in [0.5, 0.6) is 11.6 Å². The minimum absolute atomic E-state index is 0.108. The van der Waals surface area contributed by atoms with Gasteiger partial charge in [-0.3, -0.25) is 0 Å². The van der Waals surface area contributed by atoms with Crippen molar-refractivity contribution < 1.29 is 13.2 Å². The summed E-state index contributed by atoms with van der Waals surface area (Å²) in [5.41, 5.74) is 0.962. The number of benzene rings is 1. The summed E-state index contributed by atoms with van der Waals surface area (Å²) in [4.78, 5) is 3.66.